The molecule has 2 aromatic rings. The minimum absolute atomic E-state index is 0.000184. The Bertz CT molecular complexity index is 717. The van der Waals surface area contributed by atoms with Gasteiger partial charge in [-0.05, 0) is 48.4 Å². The maximum Gasteiger partial charge on any atom is 0.337 e. The highest BCUT2D eigenvalue weighted by atomic mass is 16.5. The van der Waals surface area contributed by atoms with Gasteiger partial charge in [-0.25, -0.2) is 4.79 Å². The SMILES string of the molecule is COC(=O)c1ccc(COc2ccc(C(=O)CCC[C]=O)cc2)cc1. The Morgan fingerprint density at radius 3 is 2.20 bits per heavy atom. The molecule has 0 aliphatic carbocycles. The third kappa shape index (κ3) is 5.57. The van der Waals surface area contributed by atoms with E-state index in [1.54, 1.807) is 54.8 Å². The van der Waals surface area contributed by atoms with E-state index in [0.717, 1.165) is 5.56 Å². The second kappa shape index (κ2) is 9.37. The van der Waals surface area contributed by atoms with Crippen LogP contribution < -0.4 is 4.74 Å². The van der Waals surface area contributed by atoms with Gasteiger partial charge in [0.05, 0.1) is 12.7 Å². The number of carbonyl (C=O) groups is 2. The molecule has 0 fully saturated rings. The number of methoxy groups -OCH3 is 1. The minimum Gasteiger partial charge on any atom is -0.489 e. The average Bonchev–Trinajstić information content (AvgIpc) is 2.66. The second-order valence-corrected chi connectivity index (χ2v) is 5.42. The molecule has 2 rings (SSSR count). The van der Waals surface area contributed by atoms with Gasteiger partial charge < -0.3 is 9.47 Å². The molecule has 1 radical (unpaired) electrons. The van der Waals surface area contributed by atoms with Gasteiger partial charge in [-0.2, -0.15) is 0 Å². The van der Waals surface area contributed by atoms with E-state index in [0.29, 0.717) is 36.3 Å². The van der Waals surface area contributed by atoms with Gasteiger partial charge in [-0.3, -0.25) is 9.59 Å². The van der Waals surface area contributed by atoms with Crippen molar-refractivity contribution >= 4 is 18.0 Å². The zero-order valence-corrected chi connectivity index (χ0v) is 14.0. The highest BCUT2D eigenvalue weighted by Crippen LogP contribution is 2.16. The summed E-state index contributed by atoms with van der Waals surface area (Å²) >= 11 is 0. The molecule has 0 amide bonds. The van der Waals surface area contributed by atoms with Crippen LogP contribution in [0.3, 0.4) is 0 Å². The van der Waals surface area contributed by atoms with Crippen LogP contribution in [0.2, 0.25) is 0 Å². The summed E-state index contributed by atoms with van der Waals surface area (Å²) in [5.41, 5.74) is 2.00. The highest BCUT2D eigenvalue weighted by molar-refractivity contribution is 5.96. The number of unbranched alkanes of at least 4 members (excludes halogenated alkanes) is 1. The molecule has 0 aliphatic heterocycles. The second-order valence-electron chi connectivity index (χ2n) is 5.42. The molecule has 0 saturated carbocycles. The molecule has 5 nitrogen and oxygen atoms in total. The third-order valence-electron chi connectivity index (χ3n) is 3.64. The first-order valence-electron chi connectivity index (χ1n) is 7.92. The zero-order valence-electron chi connectivity index (χ0n) is 14.0. The Morgan fingerprint density at radius 2 is 1.60 bits per heavy atom. The first kappa shape index (κ1) is 18.4. The molecule has 0 bridgehead atoms. The molecule has 5 heteroatoms. The number of rotatable bonds is 9. The lowest BCUT2D eigenvalue weighted by molar-refractivity contribution is 0.0600. The van der Waals surface area contributed by atoms with E-state index in [2.05, 4.69) is 4.74 Å². The lowest BCUT2D eigenvalue weighted by atomic mass is 10.1. The predicted octanol–water partition coefficient (Wildman–Crippen LogP) is 3.51. The summed E-state index contributed by atoms with van der Waals surface area (Å²) in [7, 11) is 1.34. The van der Waals surface area contributed by atoms with Crippen LogP contribution in [0.15, 0.2) is 48.5 Å². The van der Waals surface area contributed by atoms with Gasteiger partial charge in [-0.1, -0.05) is 12.1 Å². The number of esters is 1. The van der Waals surface area contributed by atoms with Gasteiger partial charge in [0.1, 0.15) is 12.4 Å². The van der Waals surface area contributed by atoms with Crippen molar-refractivity contribution in [3.63, 3.8) is 0 Å². The highest BCUT2D eigenvalue weighted by Gasteiger charge is 2.07. The molecule has 0 heterocycles. The Kier molecular flexibility index (Phi) is 6.89. The molecule has 0 saturated heterocycles. The summed E-state index contributed by atoms with van der Waals surface area (Å²) in [5.74, 6) is 0.272. The van der Waals surface area contributed by atoms with Crippen molar-refractivity contribution in [2.45, 2.75) is 25.9 Å². The van der Waals surface area contributed by atoms with Crippen LogP contribution >= 0.6 is 0 Å². The van der Waals surface area contributed by atoms with E-state index in [-0.39, 0.29) is 18.2 Å². The van der Waals surface area contributed by atoms with E-state index >= 15 is 0 Å². The maximum absolute atomic E-state index is 11.9. The van der Waals surface area contributed by atoms with E-state index in [1.165, 1.54) is 7.11 Å². The maximum atomic E-state index is 11.9. The van der Waals surface area contributed by atoms with Crippen molar-refractivity contribution in [1.82, 2.24) is 0 Å². The molecule has 0 aromatic heterocycles. The number of Topliss-reactive ketones (excluding diaryl/α,β-unsaturated/α-hetero) is 1. The summed E-state index contributed by atoms with van der Waals surface area (Å²) in [6.45, 7) is 0.351. The van der Waals surface area contributed by atoms with E-state index in [9.17, 15) is 14.4 Å². The first-order chi connectivity index (χ1) is 12.1. The van der Waals surface area contributed by atoms with Crippen molar-refractivity contribution in [3.8, 4) is 5.75 Å². The Labute approximate surface area is 146 Å². The fourth-order valence-electron chi connectivity index (χ4n) is 2.22. The Morgan fingerprint density at radius 1 is 0.960 bits per heavy atom. The molecule has 0 spiro atoms. The largest absolute Gasteiger partial charge is 0.489 e. The standard InChI is InChI=1S/C20H19O5/c1-24-20(23)17-7-5-15(6-8-17)14-25-18-11-9-16(10-12-18)19(22)4-2-3-13-21/h5-12H,2-4,14H2,1H3. The fraction of sp³-hybridized carbons (Fsp3) is 0.250. The summed E-state index contributed by atoms with van der Waals surface area (Å²) in [6, 6.07) is 13.9. The van der Waals surface area contributed by atoms with Crippen LogP contribution in [-0.2, 0) is 16.1 Å². The van der Waals surface area contributed by atoms with Gasteiger partial charge in [0.25, 0.3) is 0 Å². The molecule has 0 atom stereocenters. The third-order valence-corrected chi connectivity index (χ3v) is 3.64. The van der Waals surface area contributed by atoms with Gasteiger partial charge in [0, 0.05) is 18.4 Å². The predicted molar refractivity (Wildman–Crippen MR) is 92.4 cm³/mol. The summed E-state index contributed by atoms with van der Waals surface area (Å²) in [5, 5.41) is 0. The van der Waals surface area contributed by atoms with Crippen LogP contribution in [0.1, 0.15) is 45.5 Å². The quantitative estimate of drug-likeness (QED) is 0.397. The fourth-order valence-corrected chi connectivity index (χ4v) is 2.22. The van der Waals surface area contributed by atoms with Gasteiger partial charge >= 0.3 is 5.97 Å². The number of hydrogen-bond donors (Lipinski definition) is 0. The zero-order chi connectivity index (χ0) is 18.1. The van der Waals surface area contributed by atoms with Crippen molar-refractivity contribution in [1.29, 1.82) is 0 Å². The molecule has 0 unspecified atom stereocenters. The van der Waals surface area contributed by atoms with Crippen LogP contribution in [0, 0.1) is 0 Å². The smallest absolute Gasteiger partial charge is 0.337 e. The molecule has 129 valence electrons. The number of ether oxygens (including phenoxy) is 2. The molecule has 25 heavy (non-hydrogen) atoms. The normalized spacial score (nSPS) is 10.1. The van der Waals surface area contributed by atoms with Crippen molar-refractivity contribution in [2.24, 2.45) is 0 Å². The number of benzene rings is 2. The number of hydrogen-bond acceptors (Lipinski definition) is 5. The Balaban J connectivity index is 1.87. The van der Waals surface area contributed by atoms with Crippen LogP contribution in [-0.4, -0.2) is 25.1 Å². The van der Waals surface area contributed by atoms with E-state index in [1.807, 2.05) is 0 Å². The van der Waals surface area contributed by atoms with Gasteiger partial charge in [0.15, 0.2) is 12.1 Å². The average molecular weight is 339 g/mol. The molecule has 0 N–H and O–H groups in total. The number of carbonyl (C=O) groups excluding carboxylic acids is 3. The van der Waals surface area contributed by atoms with Crippen LogP contribution in [0.25, 0.3) is 0 Å². The molecule has 0 aliphatic rings. The summed E-state index contributed by atoms with van der Waals surface area (Å²) in [4.78, 5) is 33.4. The summed E-state index contributed by atoms with van der Waals surface area (Å²) < 4.78 is 10.3. The summed E-state index contributed by atoms with van der Waals surface area (Å²) in [6.07, 6.45) is 2.91. The topological polar surface area (TPSA) is 69.7 Å². The molecule has 2 aromatic carbocycles. The van der Waals surface area contributed by atoms with Crippen molar-refractivity contribution in [3.05, 3.63) is 65.2 Å². The van der Waals surface area contributed by atoms with Gasteiger partial charge in [-0.15, -0.1) is 0 Å². The first-order valence-corrected chi connectivity index (χ1v) is 7.92. The Hall–Kier alpha value is -2.95. The van der Waals surface area contributed by atoms with Crippen molar-refractivity contribution < 1.29 is 23.9 Å². The van der Waals surface area contributed by atoms with Crippen LogP contribution in [0.4, 0.5) is 0 Å². The van der Waals surface area contributed by atoms with E-state index in [4.69, 9.17) is 4.74 Å². The van der Waals surface area contributed by atoms with Crippen LogP contribution in [0.5, 0.6) is 5.75 Å². The minimum atomic E-state index is -0.376. The van der Waals surface area contributed by atoms with Crippen molar-refractivity contribution in [2.75, 3.05) is 7.11 Å². The monoisotopic (exact) mass is 339 g/mol. The number of ketones is 1. The lowest BCUT2D eigenvalue weighted by Gasteiger charge is -2.08. The lowest BCUT2D eigenvalue weighted by Crippen LogP contribution is -2.02. The van der Waals surface area contributed by atoms with E-state index < -0.39 is 0 Å². The van der Waals surface area contributed by atoms with Gasteiger partial charge in [0.2, 0.25) is 0 Å². The molecular formula is C20H19O5. The molecular weight excluding hydrogens is 320 g/mol.